The van der Waals surface area contributed by atoms with Crippen LogP contribution in [0.1, 0.15) is 82.2 Å². The number of hydrogen-bond donors (Lipinski definition) is 0. The van der Waals surface area contributed by atoms with Crippen molar-refractivity contribution in [2.75, 3.05) is 0 Å². The van der Waals surface area contributed by atoms with Gasteiger partial charge in [0.25, 0.3) is 0 Å². The molecular weight excluding hydrogens is 695 g/mol. The number of fused-ring (bicyclic) bond motifs is 2. The maximum absolute atomic E-state index is 8.77. The van der Waals surface area contributed by atoms with Crippen molar-refractivity contribution in [2.24, 2.45) is 11.8 Å². The molecule has 4 aromatic carbocycles. The van der Waals surface area contributed by atoms with Crippen LogP contribution in [0.2, 0.25) is 13.1 Å². The first-order chi connectivity index (χ1) is 21.9. The molecule has 2 aliphatic carbocycles. The molecule has 0 nitrogen and oxygen atoms in total. The molecule has 0 saturated heterocycles. The zero-order valence-electron chi connectivity index (χ0n) is 28.8. The first kappa shape index (κ1) is 33.9. The molecule has 0 saturated carbocycles. The van der Waals surface area contributed by atoms with Gasteiger partial charge in [0.2, 0.25) is 0 Å². The fraction of sp³-hybridized carbons (Fsp3) is 0.333. The van der Waals surface area contributed by atoms with Gasteiger partial charge in [0.1, 0.15) is 0 Å². The Morgan fingerprint density at radius 3 is 1.26 bits per heavy atom. The Morgan fingerprint density at radius 2 is 0.957 bits per heavy atom. The molecule has 0 spiro atoms. The van der Waals surface area contributed by atoms with Crippen molar-refractivity contribution in [3.05, 3.63) is 129 Å². The summed E-state index contributed by atoms with van der Waals surface area (Å²) in [5, 5.41) is 0. The number of rotatable bonds is 9. The Kier molecular flexibility index (Phi) is 9.45. The first-order valence-electron chi connectivity index (χ1n) is 17.4. The van der Waals surface area contributed by atoms with Gasteiger partial charge in [-0.05, 0) is 0 Å². The summed E-state index contributed by atoms with van der Waals surface area (Å²) in [6, 6.07) is 31.5. The van der Waals surface area contributed by atoms with Gasteiger partial charge >= 0.3 is 289 Å². The second-order valence-corrected chi connectivity index (χ2v) is 57.0. The molecule has 0 aliphatic heterocycles. The molecule has 0 bridgehead atoms. The van der Waals surface area contributed by atoms with Crippen LogP contribution in [0.25, 0.3) is 34.4 Å². The van der Waals surface area contributed by atoms with Crippen molar-refractivity contribution in [1.82, 2.24) is 0 Å². The van der Waals surface area contributed by atoms with Gasteiger partial charge in [0, 0.05) is 0 Å². The van der Waals surface area contributed by atoms with E-state index in [1.807, 2.05) is 0 Å². The van der Waals surface area contributed by atoms with E-state index in [0.717, 1.165) is 12.8 Å². The van der Waals surface area contributed by atoms with Crippen LogP contribution in [0, 0.1) is 11.8 Å². The molecule has 6 rings (SSSR count). The summed E-state index contributed by atoms with van der Waals surface area (Å²) >= 11 is -4.90. The minimum absolute atomic E-state index is 0.0870. The van der Waals surface area contributed by atoms with Crippen LogP contribution >= 0.6 is 17.0 Å². The Bertz CT molecular complexity index is 1700. The van der Waals surface area contributed by atoms with Gasteiger partial charge in [-0.1, -0.05) is 0 Å². The van der Waals surface area contributed by atoms with E-state index in [4.69, 9.17) is 17.0 Å². The SMILES string of the molecule is CCc1ccc2c(c1-c1ccccc1)C=C(C(C)C)[CH]2[Zr]([Cl])([Cl])([CH]1C(C(C)C)=Cc2c1ccc(CC)c2-c1ccccc1)[SiH](C)C. The fourth-order valence-electron chi connectivity index (χ4n) is 8.58. The number of halogens is 2. The third-order valence-corrected chi connectivity index (χ3v) is 62.7. The van der Waals surface area contributed by atoms with Gasteiger partial charge < -0.3 is 0 Å². The van der Waals surface area contributed by atoms with Gasteiger partial charge in [-0.25, -0.2) is 0 Å². The molecule has 0 fully saturated rings. The molecule has 4 heteroatoms. The van der Waals surface area contributed by atoms with Crippen LogP contribution < -0.4 is 0 Å². The van der Waals surface area contributed by atoms with E-state index >= 15 is 0 Å². The van der Waals surface area contributed by atoms with E-state index in [9.17, 15) is 0 Å². The summed E-state index contributed by atoms with van der Waals surface area (Å²) < 4.78 is 0.174. The molecule has 4 aromatic rings. The van der Waals surface area contributed by atoms with E-state index in [0.29, 0.717) is 11.8 Å². The number of benzene rings is 4. The summed E-state index contributed by atoms with van der Waals surface area (Å²) in [6.07, 6.45) is 7.01. The third kappa shape index (κ3) is 5.26. The normalized spacial score (nSPS) is 18.4. The van der Waals surface area contributed by atoms with Crippen LogP contribution in [0.3, 0.4) is 0 Å². The predicted octanol–water partition coefficient (Wildman–Crippen LogP) is 13.0. The number of allylic oxidation sites excluding steroid dienone is 2. The zero-order valence-corrected chi connectivity index (χ0v) is 33.9. The third-order valence-electron chi connectivity index (χ3n) is 11.1. The van der Waals surface area contributed by atoms with Gasteiger partial charge in [0.05, 0.1) is 0 Å². The van der Waals surface area contributed by atoms with E-state index in [1.54, 1.807) is 0 Å². The van der Waals surface area contributed by atoms with Gasteiger partial charge in [0.15, 0.2) is 0 Å². The van der Waals surface area contributed by atoms with Crippen LogP contribution in [0.4, 0.5) is 0 Å². The van der Waals surface area contributed by atoms with Gasteiger partial charge in [-0.15, -0.1) is 0 Å². The average molecular weight is 744 g/mol. The Labute approximate surface area is 286 Å². The molecule has 2 unspecified atom stereocenters. The second kappa shape index (κ2) is 12.8. The summed E-state index contributed by atoms with van der Waals surface area (Å²) in [6.45, 7) is 18.9. The van der Waals surface area contributed by atoms with Crippen molar-refractivity contribution in [1.29, 1.82) is 0 Å². The Morgan fingerprint density at radius 1 is 0.587 bits per heavy atom. The van der Waals surface area contributed by atoms with Crippen molar-refractivity contribution in [3.63, 3.8) is 0 Å². The molecule has 2 aliphatic rings. The van der Waals surface area contributed by atoms with Crippen LogP contribution in [-0.4, -0.2) is 5.92 Å². The van der Waals surface area contributed by atoms with E-state index in [-0.39, 0.29) is 7.25 Å². The van der Waals surface area contributed by atoms with Crippen LogP contribution in [-0.2, 0) is 28.4 Å². The molecule has 0 radical (unpaired) electrons. The number of aryl methyl sites for hydroxylation is 2. The van der Waals surface area contributed by atoms with Crippen LogP contribution in [0.5, 0.6) is 0 Å². The quantitative estimate of drug-likeness (QED) is 0.150. The molecule has 0 amide bonds. The van der Waals surface area contributed by atoms with Crippen molar-refractivity contribution < 1.29 is 15.6 Å². The molecule has 0 heterocycles. The fourth-order valence-corrected chi connectivity index (χ4v) is 40.1. The monoisotopic (exact) mass is 741 g/mol. The zero-order chi connectivity index (χ0) is 33.0. The minimum atomic E-state index is -4.90. The summed E-state index contributed by atoms with van der Waals surface area (Å²) in [4.78, 5) is 0. The van der Waals surface area contributed by atoms with Crippen molar-refractivity contribution in [3.8, 4) is 22.3 Å². The summed E-state index contributed by atoms with van der Waals surface area (Å²) in [5.41, 5.74) is 16.4. The first-order valence-corrected chi connectivity index (χ1v) is 33.7. The molecule has 2 atom stereocenters. The standard InChI is InChI=1S/2C20H21.C2H7Si.2ClH.Zr/c2*1-4-15-10-11-17-12-18(14(2)3)13-19(17)20(15)16-8-6-5-7-9-16;1-3-2;;;/h2*5-14H,4H2,1-3H3;3H,1-2H3;2*1H;/q;;;;;+2/p-2. The maximum atomic E-state index is 8.77. The van der Waals surface area contributed by atoms with Gasteiger partial charge in [-0.2, -0.15) is 0 Å². The van der Waals surface area contributed by atoms with Gasteiger partial charge in [-0.3, -0.25) is 0 Å². The van der Waals surface area contributed by atoms with E-state index in [1.165, 1.54) is 66.8 Å². The number of hydrogen-bond acceptors (Lipinski definition) is 0. The van der Waals surface area contributed by atoms with E-state index < -0.39 is 21.5 Å². The van der Waals surface area contributed by atoms with E-state index in [2.05, 4.69) is 152 Å². The summed E-state index contributed by atoms with van der Waals surface area (Å²) in [7, 11) is 17.5. The second-order valence-electron chi connectivity index (χ2n) is 14.5. The molecule has 0 aromatic heterocycles. The molecular formula is C42H49Cl2SiZr. The van der Waals surface area contributed by atoms with Crippen LogP contribution in [0.15, 0.2) is 96.1 Å². The predicted molar refractivity (Wildman–Crippen MR) is 204 cm³/mol. The Balaban J connectivity index is 1.67. The van der Waals surface area contributed by atoms with Crippen molar-refractivity contribution >= 4 is 35.1 Å². The van der Waals surface area contributed by atoms with Crippen molar-refractivity contribution in [2.45, 2.75) is 74.7 Å². The Hall–Kier alpha value is -1.96. The molecule has 0 N–H and O–H groups in total. The molecule has 239 valence electrons. The molecule has 46 heavy (non-hydrogen) atoms. The average Bonchev–Trinajstić information content (AvgIpc) is 3.66. The topological polar surface area (TPSA) is 0 Å². The summed E-state index contributed by atoms with van der Waals surface area (Å²) in [5.74, 6) is -0.966.